The number of hydrogen-bond acceptors (Lipinski definition) is 5. The molecule has 0 fully saturated rings. The lowest BCUT2D eigenvalue weighted by atomic mass is 10.2. The van der Waals surface area contributed by atoms with E-state index in [9.17, 15) is 5.11 Å². The van der Waals surface area contributed by atoms with E-state index in [1.54, 1.807) is 36.5 Å². The fourth-order valence-corrected chi connectivity index (χ4v) is 2.10. The van der Waals surface area contributed by atoms with E-state index in [1.807, 2.05) is 0 Å². The van der Waals surface area contributed by atoms with Gasteiger partial charge in [0.2, 0.25) is 5.75 Å². The van der Waals surface area contributed by atoms with Crippen molar-refractivity contribution in [2.75, 3.05) is 14.2 Å². The molecule has 0 unspecified atom stereocenters. The highest BCUT2D eigenvalue weighted by Crippen LogP contribution is 2.37. The van der Waals surface area contributed by atoms with Crippen molar-refractivity contribution >= 4 is 36.1 Å². The van der Waals surface area contributed by atoms with Crippen molar-refractivity contribution in [3.05, 3.63) is 40.9 Å². The summed E-state index contributed by atoms with van der Waals surface area (Å²) < 4.78 is 10.2. The van der Waals surface area contributed by atoms with Crippen LogP contribution in [0.5, 0.6) is 17.2 Å². The zero-order valence-corrected chi connectivity index (χ0v) is 13.2. The Morgan fingerprint density at radius 2 is 1.76 bits per heavy atom. The second kappa shape index (κ2) is 6.74. The first-order chi connectivity index (χ1) is 10.0. The molecule has 0 aliphatic carbocycles. The molecule has 0 heterocycles. The highest BCUT2D eigenvalue weighted by atomic mass is 35.5. The molecule has 0 saturated heterocycles. The van der Waals surface area contributed by atoms with Gasteiger partial charge in [0.15, 0.2) is 11.5 Å². The average Bonchev–Trinajstić information content (AvgIpc) is 2.49. The fraction of sp³-hybridized carbons (Fsp3) is 0.133. The molecule has 0 spiro atoms. The van der Waals surface area contributed by atoms with Crippen LogP contribution in [0.1, 0.15) is 5.56 Å². The first kappa shape index (κ1) is 15.5. The van der Waals surface area contributed by atoms with E-state index in [2.05, 4.69) is 17.6 Å². The first-order valence-electron chi connectivity index (χ1n) is 6.02. The second-order valence-corrected chi connectivity index (χ2v) is 5.08. The Balaban J connectivity index is 2.39. The first-order valence-corrected chi connectivity index (χ1v) is 6.85. The monoisotopic (exact) mass is 323 g/mol. The van der Waals surface area contributed by atoms with Crippen LogP contribution in [-0.2, 0) is 0 Å². The van der Waals surface area contributed by atoms with Gasteiger partial charge in [0, 0.05) is 21.7 Å². The number of aliphatic imine (C=N–C) groups is 1. The number of thiol groups is 1. The van der Waals surface area contributed by atoms with Crippen LogP contribution >= 0.6 is 24.2 Å². The number of hydrogen-bond donors (Lipinski definition) is 2. The van der Waals surface area contributed by atoms with E-state index >= 15 is 0 Å². The van der Waals surface area contributed by atoms with Crippen molar-refractivity contribution in [1.82, 2.24) is 0 Å². The summed E-state index contributed by atoms with van der Waals surface area (Å²) in [5.74, 6) is 0.579. The van der Waals surface area contributed by atoms with E-state index in [0.717, 1.165) is 0 Å². The molecule has 21 heavy (non-hydrogen) atoms. The maximum Gasteiger partial charge on any atom is 0.200 e. The summed E-state index contributed by atoms with van der Waals surface area (Å²) >= 11 is 10.3. The lowest BCUT2D eigenvalue weighted by molar-refractivity contribution is 0.340. The normalized spacial score (nSPS) is 10.9. The van der Waals surface area contributed by atoms with Crippen LogP contribution in [0, 0.1) is 0 Å². The molecule has 0 radical (unpaired) electrons. The molecule has 0 amide bonds. The van der Waals surface area contributed by atoms with Crippen LogP contribution in [0.4, 0.5) is 5.69 Å². The van der Waals surface area contributed by atoms with E-state index in [4.69, 9.17) is 21.1 Å². The standard InChI is InChI=1S/C15H14ClNO3S/c1-19-12-5-9(6-13(20-2)15(12)18)8-17-11-7-10(16)3-4-14(11)21/h3-8,18,21H,1-2H3. The molecular formula is C15H14ClNO3S. The van der Waals surface area contributed by atoms with E-state index in [0.29, 0.717) is 32.7 Å². The van der Waals surface area contributed by atoms with Crippen molar-refractivity contribution < 1.29 is 14.6 Å². The Bertz CT molecular complexity index is 664. The van der Waals surface area contributed by atoms with Gasteiger partial charge in [-0.25, -0.2) is 0 Å². The van der Waals surface area contributed by atoms with Gasteiger partial charge in [-0.05, 0) is 30.3 Å². The molecule has 110 valence electrons. The Kier molecular flexibility index (Phi) is 4.98. The van der Waals surface area contributed by atoms with Gasteiger partial charge in [-0.15, -0.1) is 12.6 Å². The quantitative estimate of drug-likeness (QED) is 0.658. The summed E-state index contributed by atoms with van der Waals surface area (Å²) in [5.41, 5.74) is 1.37. The van der Waals surface area contributed by atoms with Gasteiger partial charge in [0.1, 0.15) is 0 Å². The number of methoxy groups -OCH3 is 2. The molecule has 2 aromatic rings. The maximum atomic E-state index is 9.85. The summed E-state index contributed by atoms with van der Waals surface area (Å²) in [4.78, 5) is 5.05. The van der Waals surface area contributed by atoms with Crippen molar-refractivity contribution in [1.29, 1.82) is 0 Å². The fourth-order valence-electron chi connectivity index (χ4n) is 1.73. The zero-order valence-electron chi connectivity index (χ0n) is 11.5. The molecule has 0 atom stereocenters. The molecule has 0 aliphatic rings. The Labute approximate surface area is 133 Å². The van der Waals surface area contributed by atoms with Crippen molar-refractivity contribution in [2.24, 2.45) is 4.99 Å². The van der Waals surface area contributed by atoms with Gasteiger partial charge < -0.3 is 14.6 Å². The zero-order chi connectivity index (χ0) is 15.4. The molecule has 0 aromatic heterocycles. The third kappa shape index (κ3) is 3.62. The summed E-state index contributed by atoms with van der Waals surface area (Å²) in [6.07, 6.45) is 1.62. The third-order valence-electron chi connectivity index (χ3n) is 2.79. The number of halogens is 1. The minimum Gasteiger partial charge on any atom is -0.502 e. The van der Waals surface area contributed by atoms with Crippen molar-refractivity contribution in [3.8, 4) is 17.2 Å². The summed E-state index contributed by atoms with van der Waals surface area (Å²) in [6, 6.07) is 8.55. The lowest BCUT2D eigenvalue weighted by Gasteiger charge is -2.09. The molecule has 4 nitrogen and oxygen atoms in total. The topological polar surface area (TPSA) is 51.0 Å². The highest BCUT2D eigenvalue weighted by Gasteiger charge is 2.10. The molecule has 6 heteroatoms. The smallest absolute Gasteiger partial charge is 0.200 e. The van der Waals surface area contributed by atoms with E-state index in [1.165, 1.54) is 14.2 Å². The number of ether oxygens (including phenoxy) is 2. The molecule has 0 bridgehead atoms. The number of phenols is 1. The van der Waals surface area contributed by atoms with Gasteiger partial charge in [-0.3, -0.25) is 4.99 Å². The largest absolute Gasteiger partial charge is 0.502 e. The van der Waals surface area contributed by atoms with Crippen LogP contribution in [-0.4, -0.2) is 25.5 Å². The summed E-state index contributed by atoms with van der Waals surface area (Å²) in [6.45, 7) is 0. The van der Waals surface area contributed by atoms with Crippen molar-refractivity contribution in [3.63, 3.8) is 0 Å². The second-order valence-electron chi connectivity index (χ2n) is 4.17. The Morgan fingerprint density at radius 1 is 1.14 bits per heavy atom. The Morgan fingerprint density at radius 3 is 2.33 bits per heavy atom. The Hall–Kier alpha value is -1.85. The van der Waals surface area contributed by atoms with Crippen LogP contribution in [0.3, 0.4) is 0 Å². The van der Waals surface area contributed by atoms with Gasteiger partial charge >= 0.3 is 0 Å². The van der Waals surface area contributed by atoms with Gasteiger partial charge in [0.05, 0.1) is 19.9 Å². The van der Waals surface area contributed by atoms with E-state index in [-0.39, 0.29) is 5.75 Å². The molecule has 1 N–H and O–H groups in total. The number of phenolic OH excluding ortho intramolecular Hbond substituents is 1. The van der Waals surface area contributed by atoms with Crippen LogP contribution < -0.4 is 9.47 Å². The maximum absolute atomic E-state index is 9.85. The SMILES string of the molecule is COc1cc(C=Nc2cc(Cl)ccc2S)cc(OC)c1O. The van der Waals surface area contributed by atoms with Crippen LogP contribution in [0.15, 0.2) is 40.2 Å². The van der Waals surface area contributed by atoms with Crippen LogP contribution in [0.2, 0.25) is 5.02 Å². The highest BCUT2D eigenvalue weighted by molar-refractivity contribution is 7.80. The number of rotatable bonds is 4. The molecule has 0 aliphatic heterocycles. The minimum atomic E-state index is -0.0465. The molecular weight excluding hydrogens is 310 g/mol. The minimum absolute atomic E-state index is 0.0465. The number of nitrogens with zero attached hydrogens (tertiary/aromatic N) is 1. The number of benzene rings is 2. The van der Waals surface area contributed by atoms with E-state index < -0.39 is 0 Å². The van der Waals surface area contributed by atoms with Gasteiger partial charge in [-0.1, -0.05) is 11.6 Å². The summed E-state index contributed by atoms with van der Waals surface area (Å²) in [7, 11) is 2.94. The lowest BCUT2D eigenvalue weighted by Crippen LogP contribution is -1.92. The average molecular weight is 324 g/mol. The molecule has 2 aromatic carbocycles. The predicted molar refractivity (Wildman–Crippen MR) is 87.2 cm³/mol. The predicted octanol–water partition coefficient (Wildman–Crippen LogP) is 4.10. The van der Waals surface area contributed by atoms with Crippen LogP contribution in [0.25, 0.3) is 0 Å². The summed E-state index contributed by atoms with van der Waals surface area (Å²) in [5, 5.41) is 10.4. The van der Waals surface area contributed by atoms with Gasteiger partial charge in [-0.2, -0.15) is 0 Å². The van der Waals surface area contributed by atoms with Gasteiger partial charge in [0.25, 0.3) is 0 Å². The van der Waals surface area contributed by atoms with Crippen molar-refractivity contribution in [2.45, 2.75) is 4.90 Å². The number of aromatic hydroxyl groups is 1. The molecule has 2 rings (SSSR count). The third-order valence-corrected chi connectivity index (χ3v) is 3.41. The molecule has 0 saturated carbocycles.